The molecule has 3 rings (SSSR count). The van der Waals surface area contributed by atoms with Crippen molar-refractivity contribution in [1.29, 1.82) is 0 Å². The number of ether oxygens (including phenoxy) is 4. The first-order valence-electron chi connectivity index (χ1n) is 11.3. The highest BCUT2D eigenvalue weighted by Crippen LogP contribution is 2.30. The minimum atomic E-state index is -0.395. The molecule has 0 saturated carbocycles. The summed E-state index contributed by atoms with van der Waals surface area (Å²) < 4.78 is 23.0. The molecule has 0 fully saturated rings. The van der Waals surface area contributed by atoms with E-state index in [1.165, 1.54) is 18.8 Å². The second kappa shape index (κ2) is 12.6. The van der Waals surface area contributed by atoms with Crippen molar-refractivity contribution in [1.82, 2.24) is 14.9 Å². The summed E-state index contributed by atoms with van der Waals surface area (Å²) in [6.45, 7) is 1.37. The average Bonchev–Trinajstić information content (AvgIpc) is 2.90. The van der Waals surface area contributed by atoms with Gasteiger partial charge in [0.05, 0.1) is 21.3 Å². The molecule has 3 aromatic rings. The number of benzene rings is 2. The van der Waals surface area contributed by atoms with E-state index < -0.39 is 5.91 Å². The van der Waals surface area contributed by atoms with Gasteiger partial charge in [-0.3, -0.25) is 14.2 Å². The summed E-state index contributed by atoms with van der Waals surface area (Å²) in [5.74, 6) is 2.22. The number of aryl methyl sites for hydroxylation is 1. The van der Waals surface area contributed by atoms with Crippen molar-refractivity contribution in [3.63, 3.8) is 0 Å². The fourth-order valence-electron chi connectivity index (χ4n) is 3.74. The van der Waals surface area contributed by atoms with Gasteiger partial charge in [0.25, 0.3) is 5.56 Å². The van der Waals surface area contributed by atoms with Crippen LogP contribution < -0.4 is 29.8 Å². The van der Waals surface area contributed by atoms with E-state index in [9.17, 15) is 14.7 Å². The van der Waals surface area contributed by atoms with E-state index in [0.29, 0.717) is 40.1 Å². The number of carbonyl (C=O) groups excluding carboxylic acids is 1. The Balaban J connectivity index is 1.81. The van der Waals surface area contributed by atoms with Crippen LogP contribution in [0.5, 0.6) is 23.0 Å². The number of nitrogens with zero attached hydrogens (tertiary/aromatic N) is 2. The molecule has 0 radical (unpaired) electrons. The number of rotatable bonds is 12. The summed E-state index contributed by atoms with van der Waals surface area (Å²) in [5.41, 5.74) is 1.18. The largest absolute Gasteiger partial charge is 0.497 e. The van der Waals surface area contributed by atoms with Gasteiger partial charge in [0.1, 0.15) is 30.5 Å². The topological polar surface area (TPSA) is 121 Å². The first-order valence-corrected chi connectivity index (χ1v) is 11.3. The van der Waals surface area contributed by atoms with Gasteiger partial charge in [-0.1, -0.05) is 12.1 Å². The molecule has 0 saturated heterocycles. The average molecular weight is 498 g/mol. The monoisotopic (exact) mass is 497 g/mol. The highest BCUT2D eigenvalue weighted by molar-refractivity contribution is 5.76. The second-order valence-electron chi connectivity index (χ2n) is 7.85. The third-order valence-corrected chi connectivity index (χ3v) is 5.60. The van der Waals surface area contributed by atoms with E-state index >= 15 is 0 Å². The Morgan fingerprint density at radius 2 is 1.75 bits per heavy atom. The second-order valence-corrected chi connectivity index (χ2v) is 7.85. The van der Waals surface area contributed by atoms with E-state index in [4.69, 9.17) is 18.9 Å². The number of amides is 1. The molecule has 0 aliphatic carbocycles. The van der Waals surface area contributed by atoms with Crippen LogP contribution in [0, 0.1) is 6.92 Å². The van der Waals surface area contributed by atoms with Gasteiger partial charge in [0.15, 0.2) is 11.5 Å². The highest BCUT2D eigenvalue weighted by Gasteiger charge is 2.18. The molecular formula is C26H31N3O7. The Labute approximate surface area is 209 Å². The maximum absolute atomic E-state index is 13.2. The number of aromatic nitrogens is 2. The van der Waals surface area contributed by atoms with Gasteiger partial charge in [-0.05, 0) is 37.3 Å². The lowest BCUT2D eigenvalue weighted by Crippen LogP contribution is -2.37. The van der Waals surface area contributed by atoms with Crippen LogP contribution in [-0.2, 0) is 30.9 Å². The van der Waals surface area contributed by atoms with Gasteiger partial charge < -0.3 is 29.4 Å². The third kappa shape index (κ3) is 6.33. The van der Waals surface area contributed by atoms with Gasteiger partial charge in [-0.15, -0.1) is 0 Å². The van der Waals surface area contributed by atoms with Crippen LogP contribution in [0.1, 0.15) is 22.6 Å². The Morgan fingerprint density at radius 3 is 2.39 bits per heavy atom. The van der Waals surface area contributed by atoms with Crippen LogP contribution in [0.4, 0.5) is 0 Å². The predicted molar refractivity (Wildman–Crippen MR) is 133 cm³/mol. The normalized spacial score (nSPS) is 10.6. The van der Waals surface area contributed by atoms with E-state index in [-0.39, 0.29) is 38.3 Å². The quantitative estimate of drug-likeness (QED) is 0.390. The number of carbonyl (C=O) groups is 1. The molecule has 1 amide bonds. The molecule has 0 bridgehead atoms. The van der Waals surface area contributed by atoms with Crippen molar-refractivity contribution in [2.45, 2.75) is 33.0 Å². The van der Waals surface area contributed by atoms with Crippen molar-refractivity contribution < 1.29 is 28.8 Å². The summed E-state index contributed by atoms with van der Waals surface area (Å²) in [6, 6.07) is 12.4. The van der Waals surface area contributed by atoms with Crippen LogP contribution in [0.15, 0.2) is 47.3 Å². The van der Waals surface area contributed by atoms with Crippen molar-refractivity contribution in [3.05, 3.63) is 75.5 Å². The van der Waals surface area contributed by atoms with Crippen LogP contribution in [0.3, 0.4) is 0 Å². The SMILES string of the molecule is COc1ccc(OCc2nc(C)c(CCO)c(=O)n2CC(=O)NCc2cccc(OC)c2OC)cc1. The molecule has 1 heterocycles. The molecule has 36 heavy (non-hydrogen) atoms. The van der Waals surface area contributed by atoms with Crippen LogP contribution in [0.2, 0.25) is 0 Å². The number of aliphatic hydroxyl groups is 1. The molecular weight excluding hydrogens is 466 g/mol. The fourth-order valence-corrected chi connectivity index (χ4v) is 3.74. The smallest absolute Gasteiger partial charge is 0.257 e. The number of para-hydroxylation sites is 1. The minimum Gasteiger partial charge on any atom is -0.497 e. The molecule has 0 atom stereocenters. The molecule has 0 unspecified atom stereocenters. The number of methoxy groups -OCH3 is 3. The van der Waals surface area contributed by atoms with Gasteiger partial charge >= 0.3 is 0 Å². The molecule has 10 nitrogen and oxygen atoms in total. The Kier molecular flexibility index (Phi) is 9.29. The van der Waals surface area contributed by atoms with Gasteiger partial charge in [-0.25, -0.2) is 4.98 Å². The standard InChI is InChI=1S/C26H31N3O7/c1-17-21(12-13-30)26(32)29(23(28-17)16-36-20-10-8-19(33-2)9-11-20)15-24(31)27-14-18-6-5-7-22(34-3)25(18)35-4/h5-11,30H,12-16H2,1-4H3,(H,27,31). The molecule has 192 valence electrons. The number of nitrogens with one attached hydrogen (secondary N) is 1. The van der Waals surface area contributed by atoms with E-state index in [1.54, 1.807) is 50.4 Å². The third-order valence-electron chi connectivity index (χ3n) is 5.60. The molecule has 2 N–H and O–H groups in total. The maximum atomic E-state index is 13.2. The molecule has 0 spiro atoms. The summed E-state index contributed by atoms with van der Waals surface area (Å²) in [7, 11) is 4.64. The minimum absolute atomic E-state index is 0.0290. The predicted octanol–water partition coefficient (Wildman–Crippen LogP) is 2.01. The van der Waals surface area contributed by atoms with Gasteiger partial charge in [-0.2, -0.15) is 0 Å². The van der Waals surface area contributed by atoms with Crippen LogP contribution in [-0.4, -0.2) is 48.5 Å². The first kappa shape index (κ1) is 26.6. The lowest BCUT2D eigenvalue weighted by molar-refractivity contribution is -0.122. The zero-order valence-corrected chi connectivity index (χ0v) is 20.9. The Bertz CT molecular complexity index is 1240. The summed E-state index contributed by atoms with van der Waals surface area (Å²) in [5, 5.41) is 12.2. The molecule has 0 aliphatic heterocycles. The summed E-state index contributed by atoms with van der Waals surface area (Å²) >= 11 is 0. The molecule has 2 aromatic carbocycles. The van der Waals surface area contributed by atoms with Crippen molar-refractivity contribution in [3.8, 4) is 23.0 Å². The fraction of sp³-hybridized carbons (Fsp3) is 0.346. The van der Waals surface area contributed by atoms with Gasteiger partial charge in [0, 0.05) is 36.4 Å². The lowest BCUT2D eigenvalue weighted by atomic mass is 10.1. The number of hydrogen-bond acceptors (Lipinski definition) is 8. The van der Waals surface area contributed by atoms with Crippen LogP contribution >= 0.6 is 0 Å². The molecule has 1 aromatic heterocycles. The summed E-state index contributed by atoms with van der Waals surface area (Å²) in [6.07, 6.45) is 0.139. The van der Waals surface area contributed by atoms with Crippen molar-refractivity contribution >= 4 is 5.91 Å². The Morgan fingerprint density at radius 1 is 1.03 bits per heavy atom. The van der Waals surface area contributed by atoms with Crippen LogP contribution in [0.25, 0.3) is 0 Å². The maximum Gasteiger partial charge on any atom is 0.257 e. The number of aliphatic hydroxyl groups excluding tert-OH is 1. The van der Waals surface area contributed by atoms with Crippen molar-refractivity contribution in [2.75, 3.05) is 27.9 Å². The number of hydrogen-bond donors (Lipinski definition) is 2. The van der Waals surface area contributed by atoms with Gasteiger partial charge in [0.2, 0.25) is 5.91 Å². The molecule has 0 aliphatic rings. The molecule has 10 heteroatoms. The van der Waals surface area contributed by atoms with E-state index in [1.807, 2.05) is 6.07 Å². The highest BCUT2D eigenvalue weighted by atomic mass is 16.5. The first-order chi connectivity index (χ1) is 17.4. The Hall–Kier alpha value is -4.05. The van der Waals surface area contributed by atoms with Crippen molar-refractivity contribution in [2.24, 2.45) is 0 Å². The van der Waals surface area contributed by atoms with E-state index in [2.05, 4.69) is 10.3 Å². The lowest BCUT2D eigenvalue weighted by Gasteiger charge is -2.17. The zero-order chi connectivity index (χ0) is 26.1. The summed E-state index contributed by atoms with van der Waals surface area (Å²) in [4.78, 5) is 30.6. The zero-order valence-electron chi connectivity index (χ0n) is 20.9. The van der Waals surface area contributed by atoms with E-state index in [0.717, 1.165) is 5.56 Å².